The van der Waals surface area contributed by atoms with Gasteiger partial charge in [-0.15, -0.1) is 11.3 Å². The fourth-order valence-electron chi connectivity index (χ4n) is 6.82. The Kier molecular flexibility index (Phi) is 2.96. The summed E-state index contributed by atoms with van der Waals surface area (Å²) in [5.41, 5.74) is 9.42. The molecule has 0 amide bonds. The van der Waals surface area contributed by atoms with Gasteiger partial charge in [-0.25, -0.2) is 0 Å². The van der Waals surface area contributed by atoms with E-state index in [1.165, 1.54) is 49.0 Å². The lowest BCUT2D eigenvalue weighted by molar-refractivity contribution is -0.154. The Labute approximate surface area is 137 Å². The molecule has 4 bridgehead atoms. The molecule has 2 N–H and O–H groups in total. The first-order valence-electron chi connectivity index (χ1n) is 8.24. The number of hydrogen-bond donors (Lipinski definition) is 1. The van der Waals surface area contributed by atoms with Crippen molar-refractivity contribution in [1.29, 1.82) is 0 Å². The molecule has 116 valence electrons. The standard InChI is InChI=1S/C18H26ClNS/c1-11-4-13(21-15(11)19)14(20)18-7-12-5-16(2,9-18)8-17(3,6-12)10-18/h4,12,14H,5-10,20H2,1-3H3. The zero-order valence-electron chi connectivity index (χ0n) is 13.3. The van der Waals surface area contributed by atoms with Gasteiger partial charge in [-0.05, 0) is 79.2 Å². The highest BCUT2D eigenvalue weighted by atomic mass is 35.5. The van der Waals surface area contributed by atoms with Crippen LogP contribution >= 0.6 is 22.9 Å². The summed E-state index contributed by atoms with van der Waals surface area (Å²) in [7, 11) is 0. The molecule has 1 aromatic rings. The Morgan fingerprint density at radius 3 is 2.29 bits per heavy atom. The van der Waals surface area contributed by atoms with Gasteiger partial charge in [0.1, 0.15) is 0 Å². The van der Waals surface area contributed by atoms with Gasteiger partial charge in [-0.2, -0.15) is 0 Å². The monoisotopic (exact) mass is 323 g/mol. The Hall–Kier alpha value is -0.0500. The maximum absolute atomic E-state index is 6.85. The van der Waals surface area contributed by atoms with Gasteiger partial charge in [0.2, 0.25) is 0 Å². The van der Waals surface area contributed by atoms with Crippen LogP contribution in [0.4, 0.5) is 0 Å². The molecular weight excluding hydrogens is 298 g/mol. The highest BCUT2D eigenvalue weighted by Gasteiger charge is 2.61. The molecule has 3 heteroatoms. The summed E-state index contributed by atoms with van der Waals surface area (Å²) in [4.78, 5) is 1.31. The third-order valence-corrected chi connectivity index (χ3v) is 8.15. The van der Waals surface area contributed by atoms with Crippen molar-refractivity contribution in [2.24, 2.45) is 27.9 Å². The third kappa shape index (κ3) is 2.13. The van der Waals surface area contributed by atoms with Gasteiger partial charge in [0.15, 0.2) is 0 Å². The molecule has 3 atom stereocenters. The summed E-state index contributed by atoms with van der Waals surface area (Å²) in [5.74, 6) is 0.902. The van der Waals surface area contributed by atoms with E-state index in [-0.39, 0.29) is 6.04 Å². The van der Waals surface area contributed by atoms with Gasteiger partial charge >= 0.3 is 0 Å². The molecule has 4 aliphatic carbocycles. The highest BCUT2D eigenvalue weighted by molar-refractivity contribution is 7.16. The van der Waals surface area contributed by atoms with Crippen molar-refractivity contribution in [3.8, 4) is 0 Å². The number of thiophene rings is 1. The number of nitrogens with two attached hydrogens (primary N) is 1. The number of halogens is 1. The molecule has 0 aliphatic heterocycles. The lowest BCUT2D eigenvalue weighted by Crippen LogP contribution is -2.57. The van der Waals surface area contributed by atoms with Gasteiger partial charge in [0.25, 0.3) is 0 Å². The Morgan fingerprint density at radius 1 is 1.19 bits per heavy atom. The van der Waals surface area contributed by atoms with Gasteiger partial charge in [0, 0.05) is 10.9 Å². The molecule has 1 heterocycles. The van der Waals surface area contributed by atoms with Crippen LogP contribution in [0, 0.1) is 29.1 Å². The molecule has 4 aliphatic rings. The second kappa shape index (κ2) is 4.27. The van der Waals surface area contributed by atoms with Gasteiger partial charge in [-0.1, -0.05) is 25.4 Å². The molecule has 4 saturated carbocycles. The molecule has 21 heavy (non-hydrogen) atoms. The van der Waals surface area contributed by atoms with Crippen molar-refractivity contribution < 1.29 is 0 Å². The molecular formula is C18H26ClNS. The molecule has 1 nitrogen and oxygen atoms in total. The van der Waals surface area contributed by atoms with Gasteiger partial charge in [-0.3, -0.25) is 0 Å². The predicted octanol–water partition coefficient (Wildman–Crippen LogP) is 5.71. The summed E-state index contributed by atoms with van der Waals surface area (Å²) in [6, 6.07) is 2.41. The zero-order chi connectivity index (χ0) is 15.0. The van der Waals surface area contributed by atoms with Crippen LogP contribution in [0.2, 0.25) is 4.34 Å². The van der Waals surface area contributed by atoms with E-state index in [0.717, 1.165) is 10.3 Å². The average Bonchev–Trinajstić information content (AvgIpc) is 2.64. The predicted molar refractivity (Wildman–Crippen MR) is 90.8 cm³/mol. The highest BCUT2D eigenvalue weighted by Crippen LogP contribution is 2.72. The molecule has 0 radical (unpaired) electrons. The molecule has 0 aromatic carbocycles. The fourth-order valence-corrected chi connectivity index (χ4v) is 8.18. The van der Waals surface area contributed by atoms with E-state index in [1.807, 2.05) is 0 Å². The molecule has 5 rings (SSSR count). The molecule has 0 saturated heterocycles. The largest absolute Gasteiger partial charge is 0.323 e. The fraction of sp³-hybridized carbons (Fsp3) is 0.778. The minimum absolute atomic E-state index is 0.177. The maximum atomic E-state index is 6.85. The van der Waals surface area contributed by atoms with E-state index in [1.54, 1.807) is 11.3 Å². The Bertz CT molecular complexity index is 555. The van der Waals surface area contributed by atoms with E-state index in [9.17, 15) is 0 Å². The maximum Gasteiger partial charge on any atom is 0.0960 e. The average molecular weight is 324 g/mol. The van der Waals surface area contributed by atoms with Crippen LogP contribution in [0.5, 0.6) is 0 Å². The van der Waals surface area contributed by atoms with Crippen molar-refractivity contribution in [3.63, 3.8) is 0 Å². The van der Waals surface area contributed by atoms with Crippen LogP contribution in [-0.4, -0.2) is 0 Å². The normalized spacial score (nSPS) is 46.0. The zero-order valence-corrected chi connectivity index (χ0v) is 14.9. The summed E-state index contributed by atoms with van der Waals surface area (Å²) in [5, 5.41) is 0. The number of aryl methyl sites for hydroxylation is 1. The SMILES string of the molecule is Cc1cc(C(N)C23CC4CC(C)(CC(C)(C4)C2)C3)sc1Cl. The molecule has 0 spiro atoms. The lowest BCUT2D eigenvalue weighted by atomic mass is 9.39. The van der Waals surface area contributed by atoms with Crippen molar-refractivity contribution in [1.82, 2.24) is 0 Å². The summed E-state index contributed by atoms with van der Waals surface area (Å²) in [6.07, 6.45) is 8.26. The summed E-state index contributed by atoms with van der Waals surface area (Å²) >= 11 is 8.01. The Morgan fingerprint density at radius 2 is 1.81 bits per heavy atom. The van der Waals surface area contributed by atoms with Crippen molar-refractivity contribution >= 4 is 22.9 Å². The number of hydrogen-bond acceptors (Lipinski definition) is 2. The first-order chi connectivity index (χ1) is 9.73. The molecule has 4 fully saturated rings. The van der Waals surface area contributed by atoms with E-state index in [2.05, 4.69) is 26.8 Å². The summed E-state index contributed by atoms with van der Waals surface area (Å²) < 4.78 is 0.919. The quantitative estimate of drug-likeness (QED) is 0.741. The van der Waals surface area contributed by atoms with Crippen molar-refractivity contribution in [2.75, 3.05) is 0 Å². The van der Waals surface area contributed by atoms with E-state index < -0.39 is 0 Å². The first-order valence-corrected chi connectivity index (χ1v) is 9.44. The summed E-state index contributed by atoms with van der Waals surface area (Å²) in [6.45, 7) is 7.13. The van der Waals surface area contributed by atoms with Crippen LogP contribution in [0.3, 0.4) is 0 Å². The van der Waals surface area contributed by atoms with Crippen LogP contribution < -0.4 is 5.73 Å². The van der Waals surface area contributed by atoms with Gasteiger partial charge < -0.3 is 5.73 Å². The van der Waals surface area contributed by atoms with Crippen molar-refractivity contribution in [2.45, 2.75) is 65.3 Å². The van der Waals surface area contributed by atoms with Gasteiger partial charge in [0.05, 0.1) is 4.34 Å². The lowest BCUT2D eigenvalue weighted by Gasteiger charge is -2.66. The van der Waals surface area contributed by atoms with E-state index in [4.69, 9.17) is 17.3 Å². The second-order valence-electron chi connectivity index (χ2n) is 9.08. The minimum Gasteiger partial charge on any atom is -0.323 e. The minimum atomic E-state index is 0.177. The Balaban J connectivity index is 1.73. The van der Waals surface area contributed by atoms with E-state index >= 15 is 0 Å². The second-order valence-corrected chi connectivity index (χ2v) is 10.8. The van der Waals surface area contributed by atoms with E-state index in [0.29, 0.717) is 16.2 Å². The van der Waals surface area contributed by atoms with Crippen LogP contribution in [-0.2, 0) is 0 Å². The smallest absolute Gasteiger partial charge is 0.0960 e. The van der Waals surface area contributed by atoms with Crippen LogP contribution in [0.1, 0.15) is 68.9 Å². The third-order valence-electron chi connectivity index (χ3n) is 6.51. The number of rotatable bonds is 2. The molecule has 1 aromatic heterocycles. The van der Waals surface area contributed by atoms with Crippen molar-refractivity contribution in [3.05, 3.63) is 20.8 Å². The first kappa shape index (κ1) is 14.5. The van der Waals surface area contributed by atoms with Crippen LogP contribution in [0.15, 0.2) is 6.07 Å². The topological polar surface area (TPSA) is 26.0 Å². The van der Waals surface area contributed by atoms with Crippen LogP contribution in [0.25, 0.3) is 0 Å². The molecule has 3 unspecified atom stereocenters.